The Hall–Kier alpha value is -2.90. The zero-order valence-corrected chi connectivity index (χ0v) is 16.6. The maximum absolute atomic E-state index is 14.2. The molecule has 0 bridgehead atoms. The van der Waals surface area contributed by atoms with E-state index in [4.69, 9.17) is 4.74 Å². The zero-order valence-electron chi connectivity index (χ0n) is 16.6. The average Bonchev–Trinajstić information content (AvgIpc) is 3.15. The number of aromatic nitrogens is 2. The van der Waals surface area contributed by atoms with E-state index in [0.29, 0.717) is 24.9 Å². The summed E-state index contributed by atoms with van der Waals surface area (Å²) in [6.45, 7) is 3.08. The molecule has 1 unspecified atom stereocenters. The second-order valence-electron chi connectivity index (χ2n) is 7.12. The van der Waals surface area contributed by atoms with Crippen LogP contribution in [0.1, 0.15) is 24.8 Å². The molecule has 3 rings (SSSR count). The van der Waals surface area contributed by atoms with E-state index >= 15 is 0 Å². The van der Waals surface area contributed by atoms with Gasteiger partial charge in [-0.2, -0.15) is 4.98 Å². The summed E-state index contributed by atoms with van der Waals surface area (Å²) in [5.41, 5.74) is 0.930. The van der Waals surface area contributed by atoms with Crippen LogP contribution in [0.2, 0.25) is 0 Å². The normalized spacial score (nSPS) is 17.3. The molecule has 2 atom stereocenters. The lowest BCUT2D eigenvalue weighted by molar-refractivity contribution is -0.121. The van der Waals surface area contributed by atoms with Gasteiger partial charge in [-0.15, -0.1) is 0 Å². The van der Waals surface area contributed by atoms with Gasteiger partial charge in [-0.05, 0) is 24.6 Å². The maximum Gasteiger partial charge on any atom is 0.227 e. The molecule has 0 radical (unpaired) electrons. The molecule has 2 aromatic rings. The number of likely N-dealkylation sites (N-methyl/N-ethyl adjacent to an activating group) is 1. The summed E-state index contributed by atoms with van der Waals surface area (Å²) in [6.07, 6.45) is 1.93. The van der Waals surface area contributed by atoms with Crippen molar-refractivity contribution in [3.8, 4) is 5.75 Å². The third-order valence-corrected chi connectivity index (χ3v) is 4.88. The number of anilines is 2. The van der Waals surface area contributed by atoms with Crippen molar-refractivity contribution in [2.24, 2.45) is 0 Å². The summed E-state index contributed by atoms with van der Waals surface area (Å²) >= 11 is 0. The third-order valence-electron chi connectivity index (χ3n) is 4.88. The van der Waals surface area contributed by atoms with Gasteiger partial charge in [-0.1, -0.05) is 12.1 Å². The minimum Gasteiger partial charge on any atom is -0.489 e. The van der Waals surface area contributed by atoms with Crippen molar-refractivity contribution in [3.63, 3.8) is 0 Å². The second kappa shape index (κ2) is 8.41. The number of hydrogen-bond acceptors (Lipinski definition) is 6. The van der Waals surface area contributed by atoms with Crippen molar-refractivity contribution < 1.29 is 13.9 Å². The van der Waals surface area contributed by atoms with Crippen LogP contribution in [0.5, 0.6) is 5.75 Å². The second-order valence-corrected chi connectivity index (χ2v) is 7.12. The highest BCUT2D eigenvalue weighted by Crippen LogP contribution is 2.26. The molecule has 1 aromatic carbocycles. The Bertz CT molecular complexity index is 828. The molecule has 1 fully saturated rings. The Kier molecular flexibility index (Phi) is 5.96. The Balaban J connectivity index is 1.64. The van der Waals surface area contributed by atoms with E-state index in [1.165, 1.54) is 6.20 Å². The smallest absolute Gasteiger partial charge is 0.227 e. The number of hydrogen-bond donors (Lipinski definition) is 1. The fourth-order valence-corrected chi connectivity index (χ4v) is 3.20. The number of carbonyl (C=O) groups excluding carboxylic acids is 1. The van der Waals surface area contributed by atoms with Crippen molar-refractivity contribution in [2.75, 3.05) is 44.0 Å². The molecule has 150 valence electrons. The monoisotopic (exact) mass is 387 g/mol. The van der Waals surface area contributed by atoms with E-state index in [0.717, 1.165) is 17.7 Å². The number of rotatable bonds is 6. The molecule has 1 saturated heterocycles. The average molecular weight is 387 g/mol. The Morgan fingerprint density at radius 2 is 2.07 bits per heavy atom. The van der Waals surface area contributed by atoms with Crippen molar-refractivity contribution in [1.82, 2.24) is 15.3 Å². The molecule has 0 saturated carbocycles. The van der Waals surface area contributed by atoms with Gasteiger partial charge in [0.1, 0.15) is 11.9 Å². The molecule has 8 heteroatoms. The molecule has 1 aliphatic heterocycles. The first-order valence-corrected chi connectivity index (χ1v) is 9.32. The van der Waals surface area contributed by atoms with Gasteiger partial charge in [0.2, 0.25) is 11.9 Å². The van der Waals surface area contributed by atoms with Gasteiger partial charge in [0, 0.05) is 34.1 Å². The minimum absolute atomic E-state index is 0.0240. The van der Waals surface area contributed by atoms with Crippen LogP contribution in [0, 0.1) is 5.82 Å². The molecular weight excluding hydrogens is 361 g/mol. The standard InChI is InChI=1S/C20H26FN5O2/c1-13(19(27)22-2)14-5-7-15(8-6-14)28-16-9-10-26(12-16)18-17(21)11-23-20(24-18)25(3)4/h5-8,11,13,16H,9-10,12H2,1-4H3,(H,22,27)/t13?,16-/m1/s1. The first-order chi connectivity index (χ1) is 13.4. The van der Waals surface area contributed by atoms with Crippen molar-refractivity contribution in [3.05, 3.63) is 41.8 Å². The summed E-state index contributed by atoms with van der Waals surface area (Å²) in [5, 5.41) is 2.65. The summed E-state index contributed by atoms with van der Waals surface area (Å²) in [6, 6.07) is 7.53. The van der Waals surface area contributed by atoms with Crippen LogP contribution in [0.15, 0.2) is 30.5 Å². The van der Waals surface area contributed by atoms with E-state index in [9.17, 15) is 9.18 Å². The van der Waals surface area contributed by atoms with E-state index in [-0.39, 0.29) is 17.9 Å². The molecule has 1 amide bonds. The summed E-state index contributed by atoms with van der Waals surface area (Å²) in [5.74, 6) is 0.841. The lowest BCUT2D eigenvalue weighted by atomic mass is 10.0. The Labute approximate surface area is 164 Å². The predicted octanol–water partition coefficient (Wildman–Crippen LogP) is 2.19. The highest BCUT2D eigenvalue weighted by atomic mass is 19.1. The number of nitrogens with zero attached hydrogens (tertiary/aromatic N) is 4. The van der Waals surface area contributed by atoms with Gasteiger partial charge < -0.3 is 19.9 Å². The zero-order chi connectivity index (χ0) is 20.3. The van der Waals surface area contributed by atoms with Crippen LogP contribution < -0.4 is 19.9 Å². The van der Waals surface area contributed by atoms with E-state index in [2.05, 4.69) is 15.3 Å². The molecule has 2 heterocycles. The first kappa shape index (κ1) is 19.9. The van der Waals surface area contributed by atoms with Crippen LogP contribution in [-0.2, 0) is 4.79 Å². The molecule has 28 heavy (non-hydrogen) atoms. The van der Waals surface area contributed by atoms with E-state index in [1.807, 2.05) is 50.2 Å². The molecule has 1 aliphatic rings. The maximum atomic E-state index is 14.2. The van der Waals surface area contributed by atoms with Crippen LogP contribution in [0.3, 0.4) is 0 Å². The fourth-order valence-electron chi connectivity index (χ4n) is 3.20. The van der Waals surface area contributed by atoms with Gasteiger partial charge in [0.05, 0.1) is 18.7 Å². The van der Waals surface area contributed by atoms with Crippen molar-refractivity contribution in [2.45, 2.75) is 25.4 Å². The number of halogens is 1. The van der Waals surface area contributed by atoms with Gasteiger partial charge in [0.25, 0.3) is 0 Å². The summed E-state index contributed by atoms with van der Waals surface area (Å²) in [7, 11) is 5.27. The van der Waals surface area contributed by atoms with Gasteiger partial charge in [-0.25, -0.2) is 9.37 Å². The summed E-state index contributed by atoms with van der Waals surface area (Å²) in [4.78, 5) is 23.7. The SMILES string of the molecule is CNC(=O)C(C)c1ccc(O[C@@H]2CCN(c3nc(N(C)C)ncc3F)C2)cc1. The Morgan fingerprint density at radius 3 is 2.71 bits per heavy atom. The highest BCUT2D eigenvalue weighted by Gasteiger charge is 2.27. The number of benzene rings is 1. The molecule has 1 N–H and O–H groups in total. The van der Waals surface area contributed by atoms with Crippen LogP contribution in [-0.4, -0.2) is 56.2 Å². The van der Waals surface area contributed by atoms with Gasteiger partial charge in [-0.3, -0.25) is 4.79 Å². The number of amides is 1. The van der Waals surface area contributed by atoms with Gasteiger partial charge >= 0.3 is 0 Å². The van der Waals surface area contributed by atoms with Crippen molar-refractivity contribution in [1.29, 1.82) is 0 Å². The molecule has 1 aromatic heterocycles. The first-order valence-electron chi connectivity index (χ1n) is 9.32. The third kappa shape index (κ3) is 4.32. The fraction of sp³-hybridized carbons (Fsp3) is 0.450. The van der Waals surface area contributed by atoms with E-state index < -0.39 is 5.82 Å². The Morgan fingerprint density at radius 1 is 1.36 bits per heavy atom. The minimum atomic E-state index is -0.432. The quantitative estimate of drug-likeness (QED) is 0.819. The van der Waals surface area contributed by atoms with E-state index in [1.54, 1.807) is 11.9 Å². The number of nitrogens with one attached hydrogen (secondary N) is 1. The van der Waals surface area contributed by atoms with Crippen molar-refractivity contribution >= 4 is 17.7 Å². The van der Waals surface area contributed by atoms with Crippen LogP contribution in [0.4, 0.5) is 16.2 Å². The number of ether oxygens (including phenoxy) is 1. The largest absolute Gasteiger partial charge is 0.489 e. The van der Waals surface area contributed by atoms with Crippen LogP contribution in [0.25, 0.3) is 0 Å². The van der Waals surface area contributed by atoms with Gasteiger partial charge in [0.15, 0.2) is 11.6 Å². The van der Waals surface area contributed by atoms with Crippen LogP contribution >= 0.6 is 0 Å². The molecule has 0 aliphatic carbocycles. The number of carbonyl (C=O) groups is 1. The molecular formula is C20H26FN5O2. The predicted molar refractivity (Wildman–Crippen MR) is 106 cm³/mol. The topological polar surface area (TPSA) is 70.6 Å². The lowest BCUT2D eigenvalue weighted by Crippen LogP contribution is -2.27. The summed E-state index contributed by atoms with van der Waals surface area (Å²) < 4.78 is 20.2. The lowest BCUT2D eigenvalue weighted by Gasteiger charge is -2.20. The molecule has 0 spiro atoms. The highest BCUT2D eigenvalue weighted by molar-refractivity contribution is 5.82. The molecule has 7 nitrogen and oxygen atoms in total.